The fourth-order valence-electron chi connectivity index (χ4n) is 1.46. The van der Waals surface area contributed by atoms with Gasteiger partial charge in [0.25, 0.3) is 5.22 Å². The van der Waals surface area contributed by atoms with Crippen LogP contribution in [0.15, 0.2) is 27.8 Å². The smallest absolute Gasteiger partial charge is 0.276 e. The van der Waals surface area contributed by atoms with Crippen LogP contribution in [0.25, 0.3) is 0 Å². The van der Waals surface area contributed by atoms with Crippen molar-refractivity contribution in [2.75, 3.05) is 7.11 Å². The first kappa shape index (κ1) is 13.4. The molecule has 0 aliphatic carbocycles. The second kappa shape index (κ2) is 6.22. The Morgan fingerprint density at radius 1 is 1.47 bits per heavy atom. The van der Waals surface area contributed by atoms with E-state index in [1.54, 1.807) is 12.1 Å². The van der Waals surface area contributed by atoms with E-state index in [1.165, 1.54) is 18.9 Å². The van der Waals surface area contributed by atoms with E-state index in [9.17, 15) is 0 Å². The third-order valence-electron chi connectivity index (χ3n) is 2.37. The van der Waals surface area contributed by atoms with Gasteiger partial charge < -0.3 is 14.9 Å². The van der Waals surface area contributed by atoms with Crippen LogP contribution in [0.4, 0.5) is 0 Å². The average Bonchev–Trinajstić information content (AvgIpc) is 2.92. The summed E-state index contributed by atoms with van der Waals surface area (Å²) >= 11 is 1.40. The molecule has 0 atom stereocenters. The van der Waals surface area contributed by atoms with Crippen molar-refractivity contribution < 1.29 is 9.15 Å². The number of hydrogen-bond donors (Lipinski definition) is 1. The molecule has 2 N–H and O–H groups in total. The zero-order valence-electron chi connectivity index (χ0n) is 10.3. The van der Waals surface area contributed by atoms with Gasteiger partial charge in [-0.05, 0) is 17.7 Å². The third kappa shape index (κ3) is 3.24. The molecule has 0 saturated carbocycles. The van der Waals surface area contributed by atoms with Gasteiger partial charge in [-0.15, -0.1) is 10.2 Å². The van der Waals surface area contributed by atoms with E-state index in [-0.39, 0.29) is 6.54 Å². The Bertz CT molecular complexity index is 606. The number of hydrogen-bond acceptors (Lipinski definition) is 7. The number of ether oxygens (including phenoxy) is 1. The molecule has 2 aromatic rings. The molecule has 0 spiro atoms. The van der Waals surface area contributed by atoms with Gasteiger partial charge in [-0.2, -0.15) is 5.26 Å². The van der Waals surface area contributed by atoms with Crippen molar-refractivity contribution in [3.8, 4) is 11.8 Å². The summed E-state index contributed by atoms with van der Waals surface area (Å²) in [4.78, 5) is 0. The maximum atomic E-state index is 9.00. The van der Waals surface area contributed by atoms with E-state index in [2.05, 4.69) is 16.3 Å². The summed E-state index contributed by atoms with van der Waals surface area (Å²) in [5.74, 6) is 1.61. The first-order chi connectivity index (χ1) is 9.26. The molecular weight excluding hydrogens is 264 g/mol. The molecule has 19 heavy (non-hydrogen) atoms. The Kier molecular flexibility index (Phi) is 4.39. The van der Waals surface area contributed by atoms with Crippen molar-refractivity contribution in [1.82, 2.24) is 10.2 Å². The van der Waals surface area contributed by atoms with Gasteiger partial charge in [0, 0.05) is 5.75 Å². The van der Waals surface area contributed by atoms with Gasteiger partial charge in [-0.25, -0.2) is 0 Å². The fourth-order valence-corrected chi connectivity index (χ4v) is 2.18. The maximum Gasteiger partial charge on any atom is 0.276 e. The Labute approximate surface area is 114 Å². The number of nitrogens with zero attached hydrogens (tertiary/aromatic N) is 3. The lowest BCUT2D eigenvalue weighted by atomic mass is 10.1. The van der Waals surface area contributed by atoms with E-state index in [1.807, 2.05) is 6.07 Å². The van der Waals surface area contributed by atoms with E-state index < -0.39 is 0 Å². The summed E-state index contributed by atoms with van der Waals surface area (Å²) < 4.78 is 10.4. The topological polar surface area (TPSA) is 98.0 Å². The number of rotatable bonds is 5. The highest BCUT2D eigenvalue weighted by molar-refractivity contribution is 7.98. The molecule has 7 heteroatoms. The van der Waals surface area contributed by atoms with Crippen molar-refractivity contribution in [2.24, 2.45) is 5.73 Å². The van der Waals surface area contributed by atoms with Gasteiger partial charge in [-0.1, -0.05) is 17.8 Å². The summed E-state index contributed by atoms with van der Waals surface area (Å²) in [5.41, 5.74) is 6.87. The highest BCUT2D eigenvalue weighted by Crippen LogP contribution is 2.25. The molecule has 0 amide bonds. The van der Waals surface area contributed by atoms with Gasteiger partial charge in [0.05, 0.1) is 19.2 Å². The quantitative estimate of drug-likeness (QED) is 0.830. The van der Waals surface area contributed by atoms with Gasteiger partial charge >= 0.3 is 0 Å². The largest absolute Gasteiger partial charge is 0.495 e. The average molecular weight is 276 g/mol. The van der Waals surface area contributed by atoms with Crippen molar-refractivity contribution in [3.05, 3.63) is 35.2 Å². The van der Waals surface area contributed by atoms with E-state index in [0.717, 1.165) is 5.56 Å². The lowest BCUT2D eigenvalue weighted by molar-refractivity contribution is 0.413. The van der Waals surface area contributed by atoms with Crippen molar-refractivity contribution >= 4 is 11.8 Å². The molecule has 0 aliphatic rings. The monoisotopic (exact) mass is 276 g/mol. The van der Waals surface area contributed by atoms with E-state index >= 15 is 0 Å². The molecule has 98 valence electrons. The summed E-state index contributed by atoms with van der Waals surface area (Å²) in [6.07, 6.45) is 0. The Morgan fingerprint density at radius 3 is 2.95 bits per heavy atom. The summed E-state index contributed by atoms with van der Waals surface area (Å²) in [6.45, 7) is 0.231. The third-order valence-corrected chi connectivity index (χ3v) is 3.26. The minimum absolute atomic E-state index is 0.231. The lowest BCUT2D eigenvalue weighted by Crippen LogP contribution is -1.95. The second-order valence-corrected chi connectivity index (χ2v) is 4.53. The van der Waals surface area contributed by atoms with Crippen LogP contribution in [0.1, 0.15) is 17.0 Å². The minimum atomic E-state index is 0.231. The molecule has 1 heterocycles. The van der Waals surface area contributed by atoms with Crippen molar-refractivity contribution in [3.63, 3.8) is 0 Å². The van der Waals surface area contributed by atoms with E-state index in [0.29, 0.717) is 28.2 Å². The number of nitriles is 1. The molecule has 1 aromatic heterocycles. The summed E-state index contributed by atoms with van der Waals surface area (Å²) in [6, 6.07) is 7.55. The van der Waals surface area contributed by atoms with Crippen LogP contribution in [0.2, 0.25) is 0 Å². The summed E-state index contributed by atoms with van der Waals surface area (Å²) in [5, 5.41) is 17.1. The number of benzene rings is 1. The molecular formula is C12H12N4O2S. The standard InChI is InChI=1S/C12H12N4O2S/c1-17-10-3-2-8(4-9(10)5-13)7-19-12-16-15-11(6-14)18-12/h2-4H,6-7,14H2,1H3. The fraction of sp³-hybridized carbons (Fsp3) is 0.250. The predicted octanol–water partition coefficient (Wildman–Crippen LogP) is 1.70. The van der Waals surface area contributed by atoms with Crippen molar-refractivity contribution in [1.29, 1.82) is 5.26 Å². The molecule has 2 rings (SSSR count). The highest BCUT2D eigenvalue weighted by Gasteiger charge is 2.07. The zero-order chi connectivity index (χ0) is 13.7. The molecule has 0 fully saturated rings. The highest BCUT2D eigenvalue weighted by atomic mass is 32.2. The maximum absolute atomic E-state index is 9.00. The lowest BCUT2D eigenvalue weighted by Gasteiger charge is -2.04. The molecule has 0 aliphatic heterocycles. The molecule has 1 aromatic carbocycles. The molecule has 0 saturated heterocycles. The summed E-state index contributed by atoms with van der Waals surface area (Å²) in [7, 11) is 1.54. The normalized spacial score (nSPS) is 10.2. The zero-order valence-corrected chi connectivity index (χ0v) is 11.1. The van der Waals surface area contributed by atoms with Gasteiger partial charge in [0.1, 0.15) is 11.8 Å². The number of nitrogens with two attached hydrogens (primary N) is 1. The van der Waals surface area contributed by atoms with Crippen LogP contribution in [0, 0.1) is 11.3 Å². The van der Waals surface area contributed by atoms with Crippen molar-refractivity contribution in [2.45, 2.75) is 17.5 Å². The Morgan fingerprint density at radius 2 is 2.32 bits per heavy atom. The van der Waals surface area contributed by atoms with Gasteiger partial charge in [0.15, 0.2) is 0 Å². The molecule has 0 radical (unpaired) electrons. The number of thioether (sulfide) groups is 1. The van der Waals surface area contributed by atoms with Crippen LogP contribution < -0.4 is 10.5 Å². The first-order valence-electron chi connectivity index (χ1n) is 5.49. The molecule has 0 unspecified atom stereocenters. The van der Waals surface area contributed by atoms with Crippen LogP contribution in [0.5, 0.6) is 5.75 Å². The first-order valence-corrected chi connectivity index (χ1v) is 6.47. The van der Waals surface area contributed by atoms with E-state index in [4.69, 9.17) is 20.1 Å². The van der Waals surface area contributed by atoms with Crippen LogP contribution in [-0.2, 0) is 12.3 Å². The predicted molar refractivity (Wildman–Crippen MR) is 69.5 cm³/mol. The molecule has 0 bridgehead atoms. The minimum Gasteiger partial charge on any atom is -0.495 e. The van der Waals surface area contributed by atoms with Crippen LogP contribution >= 0.6 is 11.8 Å². The second-order valence-electron chi connectivity index (χ2n) is 3.60. The Hall–Kier alpha value is -2.04. The van der Waals surface area contributed by atoms with Crippen LogP contribution in [-0.4, -0.2) is 17.3 Å². The van der Waals surface area contributed by atoms with Gasteiger partial charge in [0.2, 0.25) is 5.89 Å². The Balaban J connectivity index is 2.05. The number of aromatic nitrogens is 2. The van der Waals surface area contributed by atoms with Gasteiger partial charge in [-0.3, -0.25) is 0 Å². The SMILES string of the molecule is COc1ccc(CSc2nnc(CN)o2)cc1C#N. The molecule has 6 nitrogen and oxygen atoms in total. The van der Waals surface area contributed by atoms with Crippen LogP contribution in [0.3, 0.4) is 0 Å². The number of methoxy groups -OCH3 is 1.